The van der Waals surface area contributed by atoms with Gasteiger partial charge in [0.1, 0.15) is 0 Å². The zero-order chi connectivity index (χ0) is 10.9. The lowest BCUT2D eigenvalue weighted by Crippen LogP contribution is -2.21. The lowest BCUT2D eigenvalue weighted by atomic mass is 10.1. The van der Waals surface area contributed by atoms with E-state index >= 15 is 0 Å². The van der Waals surface area contributed by atoms with E-state index in [4.69, 9.17) is 5.73 Å². The minimum Gasteiger partial charge on any atom is -0.356 e. The zero-order valence-corrected chi connectivity index (χ0v) is 8.76. The second-order valence-electron chi connectivity index (χ2n) is 3.07. The lowest BCUT2D eigenvalue weighted by molar-refractivity contribution is 0.265. The summed E-state index contributed by atoms with van der Waals surface area (Å²) >= 11 is 0. The predicted octanol–water partition coefficient (Wildman–Crippen LogP) is 1.16. The van der Waals surface area contributed by atoms with Gasteiger partial charge in [-0.05, 0) is 37.1 Å². The van der Waals surface area contributed by atoms with E-state index in [2.05, 4.69) is 0 Å². The van der Waals surface area contributed by atoms with Crippen molar-refractivity contribution in [1.29, 1.82) is 0 Å². The van der Waals surface area contributed by atoms with E-state index in [9.17, 15) is 13.2 Å². The largest absolute Gasteiger partial charge is 0.356 e. The Kier molecular flexibility index (Phi) is 2.62. The molecule has 1 amide bonds. The van der Waals surface area contributed by atoms with Gasteiger partial charge in [0.25, 0.3) is 9.84 Å². The summed E-state index contributed by atoms with van der Waals surface area (Å²) in [5.74, 6) is 0. The number of primary amides is 1. The van der Waals surface area contributed by atoms with Crippen LogP contribution in [-0.4, -0.2) is 13.7 Å². The number of aryl methyl sites for hydroxylation is 2. The Morgan fingerprint density at radius 3 is 2.21 bits per heavy atom. The van der Waals surface area contributed by atoms with E-state index in [0.717, 1.165) is 11.1 Å². The molecule has 0 unspecified atom stereocenters. The summed E-state index contributed by atoms with van der Waals surface area (Å²) in [6.07, 6.45) is 0. The van der Waals surface area contributed by atoms with Gasteiger partial charge >= 0.3 is 5.24 Å². The van der Waals surface area contributed by atoms with Crippen LogP contribution < -0.4 is 5.73 Å². The smallest absolute Gasteiger partial charge is 0.338 e. The number of hydrogen-bond acceptors (Lipinski definition) is 3. The Morgan fingerprint density at radius 2 is 1.79 bits per heavy atom. The van der Waals surface area contributed by atoms with Gasteiger partial charge in [-0.1, -0.05) is 6.07 Å². The molecule has 0 aliphatic carbocycles. The van der Waals surface area contributed by atoms with Crippen molar-refractivity contribution in [1.82, 2.24) is 0 Å². The second kappa shape index (κ2) is 3.42. The van der Waals surface area contributed by atoms with Crippen molar-refractivity contribution < 1.29 is 13.2 Å². The fraction of sp³-hybridized carbons (Fsp3) is 0.222. The number of rotatable bonds is 1. The first-order valence-electron chi connectivity index (χ1n) is 3.97. The van der Waals surface area contributed by atoms with Gasteiger partial charge in [-0.2, -0.15) is 0 Å². The highest BCUT2D eigenvalue weighted by atomic mass is 32.2. The molecule has 1 aromatic rings. The zero-order valence-electron chi connectivity index (χ0n) is 7.94. The fourth-order valence-corrected chi connectivity index (χ4v) is 1.81. The monoisotopic (exact) mass is 213 g/mol. The average molecular weight is 213 g/mol. The fourth-order valence-electron chi connectivity index (χ4n) is 0.997. The molecule has 0 aliphatic heterocycles. The maximum atomic E-state index is 11.3. The van der Waals surface area contributed by atoms with Crippen molar-refractivity contribution in [3.05, 3.63) is 29.3 Å². The number of hydrogen-bond donors (Lipinski definition) is 1. The summed E-state index contributed by atoms with van der Waals surface area (Å²) in [6.45, 7) is 3.63. The molecule has 0 spiro atoms. The van der Waals surface area contributed by atoms with Crippen LogP contribution >= 0.6 is 0 Å². The Labute approximate surface area is 82.7 Å². The molecule has 2 N–H and O–H groups in total. The van der Waals surface area contributed by atoms with Gasteiger partial charge in [0, 0.05) is 0 Å². The summed E-state index contributed by atoms with van der Waals surface area (Å²) in [4.78, 5) is 10.6. The Bertz CT molecular complexity index is 477. The first-order valence-corrected chi connectivity index (χ1v) is 5.46. The molecule has 0 fully saturated rings. The third kappa shape index (κ3) is 1.77. The average Bonchev–Trinajstić information content (AvgIpc) is 2.09. The third-order valence-corrected chi connectivity index (χ3v) is 3.46. The van der Waals surface area contributed by atoms with Gasteiger partial charge in [0.15, 0.2) is 0 Å². The van der Waals surface area contributed by atoms with Crippen LogP contribution in [0.3, 0.4) is 0 Å². The molecular weight excluding hydrogens is 202 g/mol. The first-order chi connectivity index (χ1) is 6.35. The van der Waals surface area contributed by atoms with E-state index in [0.29, 0.717) is 0 Å². The van der Waals surface area contributed by atoms with Gasteiger partial charge in [-0.25, -0.2) is 8.42 Å². The Morgan fingerprint density at radius 1 is 1.21 bits per heavy atom. The highest BCUT2D eigenvalue weighted by molar-refractivity contribution is 8.06. The third-order valence-electron chi connectivity index (χ3n) is 2.05. The van der Waals surface area contributed by atoms with Gasteiger partial charge in [0.05, 0.1) is 4.90 Å². The Hall–Kier alpha value is -1.36. The second-order valence-corrected chi connectivity index (χ2v) is 4.95. The van der Waals surface area contributed by atoms with Gasteiger partial charge in [0.2, 0.25) is 0 Å². The SMILES string of the molecule is Cc1ccc(S(=O)(=O)C(N)=O)cc1C. The van der Waals surface area contributed by atoms with E-state index in [1.807, 2.05) is 6.92 Å². The number of carbonyl (C=O) groups is 1. The standard InChI is InChI=1S/C9H11NO3S/c1-6-3-4-8(5-7(6)2)14(12,13)9(10)11/h3-5H,1-2H3,(H2,10,11). The molecule has 1 rings (SSSR count). The summed E-state index contributed by atoms with van der Waals surface area (Å²) in [6, 6.07) is 4.46. The molecule has 0 atom stereocenters. The van der Waals surface area contributed by atoms with Crippen molar-refractivity contribution in [2.45, 2.75) is 18.7 Å². The van der Waals surface area contributed by atoms with Crippen LogP contribution in [0.2, 0.25) is 0 Å². The van der Waals surface area contributed by atoms with Crippen molar-refractivity contribution in [2.75, 3.05) is 0 Å². The van der Waals surface area contributed by atoms with Crippen LogP contribution in [0.1, 0.15) is 11.1 Å². The number of nitrogens with two attached hydrogens (primary N) is 1. The summed E-state index contributed by atoms with van der Waals surface area (Å²) in [7, 11) is -3.98. The molecular formula is C9H11NO3S. The molecule has 0 aromatic heterocycles. The lowest BCUT2D eigenvalue weighted by Gasteiger charge is -2.03. The van der Waals surface area contributed by atoms with Gasteiger partial charge in [-0.15, -0.1) is 0 Å². The van der Waals surface area contributed by atoms with Crippen molar-refractivity contribution in [2.24, 2.45) is 5.73 Å². The van der Waals surface area contributed by atoms with Crippen molar-refractivity contribution in [3.63, 3.8) is 0 Å². The van der Waals surface area contributed by atoms with Crippen LogP contribution in [0.4, 0.5) is 4.79 Å². The van der Waals surface area contributed by atoms with Crippen molar-refractivity contribution in [3.8, 4) is 0 Å². The van der Waals surface area contributed by atoms with E-state index < -0.39 is 15.1 Å². The van der Waals surface area contributed by atoms with E-state index in [1.54, 1.807) is 13.0 Å². The normalized spacial score (nSPS) is 11.3. The molecule has 0 aliphatic rings. The molecule has 0 saturated carbocycles. The van der Waals surface area contributed by atoms with E-state index in [-0.39, 0.29) is 4.90 Å². The van der Waals surface area contributed by atoms with E-state index in [1.165, 1.54) is 12.1 Å². The molecule has 0 bridgehead atoms. The molecule has 0 heterocycles. The molecule has 76 valence electrons. The van der Waals surface area contributed by atoms with Gasteiger partial charge in [-0.3, -0.25) is 4.79 Å². The number of benzene rings is 1. The van der Waals surface area contributed by atoms with Crippen LogP contribution in [0, 0.1) is 13.8 Å². The molecule has 5 heteroatoms. The Balaban J connectivity index is 3.36. The number of sulfone groups is 1. The highest BCUT2D eigenvalue weighted by Gasteiger charge is 2.21. The minimum absolute atomic E-state index is 0.0481. The van der Waals surface area contributed by atoms with Crippen LogP contribution in [-0.2, 0) is 9.84 Å². The van der Waals surface area contributed by atoms with Gasteiger partial charge < -0.3 is 5.73 Å². The molecule has 0 radical (unpaired) electrons. The summed E-state index contributed by atoms with van der Waals surface area (Å²) in [5.41, 5.74) is 6.54. The highest BCUT2D eigenvalue weighted by Crippen LogP contribution is 2.15. The minimum atomic E-state index is -3.98. The van der Waals surface area contributed by atoms with Crippen LogP contribution in [0.15, 0.2) is 23.1 Å². The van der Waals surface area contributed by atoms with Crippen molar-refractivity contribution >= 4 is 15.1 Å². The molecule has 4 nitrogen and oxygen atoms in total. The quantitative estimate of drug-likeness (QED) is 0.760. The molecule has 14 heavy (non-hydrogen) atoms. The topological polar surface area (TPSA) is 77.2 Å². The first kappa shape index (κ1) is 10.7. The number of carbonyl (C=O) groups excluding carboxylic acids is 1. The predicted molar refractivity (Wildman–Crippen MR) is 52.7 cm³/mol. The maximum absolute atomic E-state index is 11.3. The number of amides is 1. The maximum Gasteiger partial charge on any atom is 0.338 e. The van der Waals surface area contributed by atoms with Crippen LogP contribution in [0.5, 0.6) is 0 Å². The summed E-state index contributed by atoms with van der Waals surface area (Å²) in [5, 5.41) is -1.32. The molecule has 1 aromatic carbocycles. The molecule has 0 saturated heterocycles. The summed E-state index contributed by atoms with van der Waals surface area (Å²) < 4.78 is 22.6. The van der Waals surface area contributed by atoms with Crippen LogP contribution in [0.25, 0.3) is 0 Å².